The highest BCUT2D eigenvalue weighted by Crippen LogP contribution is 2.15. The Morgan fingerprint density at radius 1 is 0.955 bits per heavy atom. The van der Waals surface area contributed by atoms with Gasteiger partial charge in [-0.15, -0.1) is 0 Å². The highest BCUT2D eigenvalue weighted by molar-refractivity contribution is 6.07. The Balaban J connectivity index is 2.47. The summed E-state index contributed by atoms with van der Waals surface area (Å²) in [6.07, 6.45) is 11.6. The van der Waals surface area contributed by atoms with Crippen molar-refractivity contribution in [3.8, 4) is 0 Å². The quantitative estimate of drug-likeness (QED) is 0.363. The summed E-state index contributed by atoms with van der Waals surface area (Å²) in [5, 5.41) is 8.60. The summed E-state index contributed by atoms with van der Waals surface area (Å²) in [7, 11) is 0. The lowest BCUT2D eigenvalue weighted by Gasteiger charge is -2.07. The third-order valence-corrected chi connectivity index (χ3v) is 3.71. The van der Waals surface area contributed by atoms with Gasteiger partial charge < -0.3 is 5.11 Å². The molecule has 0 aliphatic carbocycles. The summed E-state index contributed by atoms with van der Waals surface area (Å²) in [5.74, 6) is -1.33. The second kappa shape index (κ2) is 10.8. The molecule has 1 aromatic rings. The van der Waals surface area contributed by atoms with Gasteiger partial charge in [-0.25, -0.2) is 4.79 Å². The first-order chi connectivity index (χ1) is 10.6. The van der Waals surface area contributed by atoms with Crippen LogP contribution in [0.3, 0.4) is 0 Å². The van der Waals surface area contributed by atoms with Gasteiger partial charge in [0.15, 0.2) is 5.78 Å². The fourth-order valence-corrected chi connectivity index (χ4v) is 2.49. The zero-order chi connectivity index (χ0) is 16.2. The summed E-state index contributed by atoms with van der Waals surface area (Å²) in [6.45, 7) is 2.22. The molecular weight excluding hydrogens is 276 g/mol. The van der Waals surface area contributed by atoms with Gasteiger partial charge in [0.05, 0.1) is 0 Å². The topological polar surface area (TPSA) is 54.4 Å². The third kappa shape index (κ3) is 7.21. The minimum absolute atomic E-state index is 0.235. The highest BCUT2D eigenvalue weighted by Gasteiger charge is 2.08. The van der Waals surface area contributed by atoms with Crippen molar-refractivity contribution < 1.29 is 14.7 Å². The molecule has 0 unspecified atom stereocenters. The van der Waals surface area contributed by atoms with E-state index in [1.165, 1.54) is 38.5 Å². The number of unbranched alkanes of at least 4 members (excludes halogenated alkanes) is 6. The monoisotopic (exact) mass is 302 g/mol. The Kier molecular flexibility index (Phi) is 8.89. The zero-order valence-corrected chi connectivity index (χ0v) is 13.4. The second-order valence-electron chi connectivity index (χ2n) is 5.56. The van der Waals surface area contributed by atoms with Crippen LogP contribution < -0.4 is 0 Å². The van der Waals surface area contributed by atoms with E-state index in [1.54, 1.807) is 6.07 Å². The van der Waals surface area contributed by atoms with Crippen LogP contribution in [0.25, 0.3) is 0 Å². The van der Waals surface area contributed by atoms with Crippen LogP contribution in [0.5, 0.6) is 0 Å². The van der Waals surface area contributed by atoms with Crippen molar-refractivity contribution in [1.82, 2.24) is 0 Å². The maximum atomic E-state index is 12.0. The first-order valence-electron chi connectivity index (χ1n) is 8.18. The Morgan fingerprint density at radius 2 is 1.59 bits per heavy atom. The molecule has 120 valence electrons. The molecule has 0 heterocycles. The average Bonchev–Trinajstić information content (AvgIpc) is 2.52. The van der Waals surface area contributed by atoms with E-state index in [-0.39, 0.29) is 5.78 Å². The molecule has 0 saturated heterocycles. The number of hydrogen-bond acceptors (Lipinski definition) is 2. The molecule has 1 aromatic carbocycles. The molecule has 0 atom stereocenters. The zero-order valence-electron chi connectivity index (χ0n) is 13.4. The summed E-state index contributed by atoms with van der Waals surface area (Å²) >= 11 is 0. The number of carbonyl (C=O) groups excluding carboxylic acids is 1. The van der Waals surface area contributed by atoms with Crippen LogP contribution in [0, 0.1) is 0 Å². The van der Waals surface area contributed by atoms with Crippen molar-refractivity contribution in [1.29, 1.82) is 0 Å². The van der Waals surface area contributed by atoms with E-state index in [4.69, 9.17) is 5.11 Å². The number of aryl methyl sites for hydroxylation is 1. The van der Waals surface area contributed by atoms with Gasteiger partial charge in [0.2, 0.25) is 0 Å². The number of allylic oxidation sites excluding steroid dienone is 1. The molecule has 0 spiro atoms. The van der Waals surface area contributed by atoms with E-state index < -0.39 is 5.97 Å². The van der Waals surface area contributed by atoms with Gasteiger partial charge in [-0.3, -0.25) is 4.79 Å². The van der Waals surface area contributed by atoms with E-state index in [0.717, 1.165) is 30.6 Å². The molecule has 0 aromatic heterocycles. The van der Waals surface area contributed by atoms with Crippen molar-refractivity contribution in [3.63, 3.8) is 0 Å². The fourth-order valence-electron chi connectivity index (χ4n) is 2.49. The van der Waals surface area contributed by atoms with Gasteiger partial charge in [-0.05, 0) is 24.5 Å². The van der Waals surface area contributed by atoms with E-state index in [2.05, 4.69) is 6.92 Å². The van der Waals surface area contributed by atoms with Crippen molar-refractivity contribution in [2.24, 2.45) is 0 Å². The van der Waals surface area contributed by atoms with Crippen LogP contribution in [0.15, 0.2) is 36.4 Å². The van der Waals surface area contributed by atoms with E-state index in [1.807, 2.05) is 18.2 Å². The Morgan fingerprint density at radius 3 is 2.27 bits per heavy atom. The number of hydrogen-bond donors (Lipinski definition) is 1. The van der Waals surface area contributed by atoms with Crippen LogP contribution in [0.1, 0.15) is 67.8 Å². The number of rotatable bonds is 11. The van der Waals surface area contributed by atoms with Gasteiger partial charge >= 0.3 is 5.97 Å². The predicted molar refractivity (Wildman–Crippen MR) is 89.2 cm³/mol. The van der Waals surface area contributed by atoms with Gasteiger partial charge in [0, 0.05) is 11.6 Å². The van der Waals surface area contributed by atoms with Crippen molar-refractivity contribution in [2.45, 2.75) is 58.3 Å². The van der Waals surface area contributed by atoms with Crippen LogP contribution >= 0.6 is 0 Å². The highest BCUT2D eigenvalue weighted by atomic mass is 16.4. The molecule has 0 radical (unpaired) electrons. The smallest absolute Gasteiger partial charge is 0.328 e. The number of aliphatic carboxylic acids is 1. The summed E-state index contributed by atoms with van der Waals surface area (Å²) < 4.78 is 0. The maximum Gasteiger partial charge on any atom is 0.328 e. The minimum Gasteiger partial charge on any atom is -0.478 e. The lowest BCUT2D eigenvalue weighted by Crippen LogP contribution is -2.02. The Labute approximate surface area is 133 Å². The fraction of sp³-hybridized carbons (Fsp3) is 0.474. The Hall–Kier alpha value is -1.90. The molecule has 0 saturated carbocycles. The molecule has 1 N–H and O–H groups in total. The van der Waals surface area contributed by atoms with E-state index in [0.29, 0.717) is 5.56 Å². The number of ketones is 1. The predicted octanol–water partition coefficient (Wildman–Crippen LogP) is 4.80. The molecule has 1 rings (SSSR count). The molecule has 0 aliphatic rings. The SMILES string of the molecule is CCCCCCCCCc1ccccc1C(=O)/C=C/C(=O)O. The first kappa shape index (κ1) is 18.1. The first-order valence-corrected chi connectivity index (χ1v) is 8.18. The largest absolute Gasteiger partial charge is 0.478 e. The van der Waals surface area contributed by atoms with Crippen LogP contribution in [0.4, 0.5) is 0 Å². The van der Waals surface area contributed by atoms with Crippen molar-refractivity contribution >= 4 is 11.8 Å². The third-order valence-electron chi connectivity index (χ3n) is 3.71. The van der Waals surface area contributed by atoms with Gasteiger partial charge in [0.25, 0.3) is 0 Å². The maximum absolute atomic E-state index is 12.0. The number of carbonyl (C=O) groups is 2. The van der Waals surface area contributed by atoms with Crippen molar-refractivity contribution in [3.05, 3.63) is 47.5 Å². The Bertz CT molecular complexity index is 503. The summed E-state index contributed by atoms with van der Waals surface area (Å²) in [5.41, 5.74) is 1.63. The van der Waals surface area contributed by atoms with E-state index in [9.17, 15) is 9.59 Å². The second-order valence-corrected chi connectivity index (χ2v) is 5.56. The average molecular weight is 302 g/mol. The normalized spacial score (nSPS) is 11.0. The van der Waals surface area contributed by atoms with Crippen LogP contribution in [0.2, 0.25) is 0 Å². The van der Waals surface area contributed by atoms with Crippen molar-refractivity contribution in [2.75, 3.05) is 0 Å². The van der Waals surface area contributed by atoms with Gasteiger partial charge in [0.1, 0.15) is 0 Å². The summed E-state index contributed by atoms with van der Waals surface area (Å²) in [6, 6.07) is 7.47. The van der Waals surface area contributed by atoms with Gasteiger partial charge in [-0.1, -0.05) is 69.7 Å². The molecule has 3 heteroatoms. The molecule has 0 aliphatic heterocycles. The van der Waals surface area contributed by atoms with Crippen LogP contribution in [-0.4, -0.2) is 16.9 Å². The van der Waals surface area contributed by atoms with Gasteiger partial charge in [-0.2, -0.15) is 0 Å². The summed E-state index contributed by atoms with van der Waals surface area (Å²) in [4.78, 5) is 22.5. The molecule has 0 fully saturated rings. The molecule has 3 nitrogen and oxygen atoms in total. The molecular formula is C19H26O3. The lowest BCUT2D eigenvalue weighted by atomic mass is 9.97. The number of benzene rings is 1. The molecule has 22 heavy (non-hydrogen) atoms. The van der Waals surface area contributed by atoms with E-state index >= 15 is 0 Å². The standard InChI is InChI=1S/C19H26O3/c1-2-3-4-5-6-7-8-11-16-12-9-10-13-17(16)18(20)14-15-19(21)22/h9-10,12-15H,2-8,11H2,1H3,(H,21,22)/b15-14+. The lowest BCUT2D eigenvalue weighted by molar-refractivity contribution is -0.131. The number of carboxylic acids is 1. The van der Waals surface area contributed by atoms with Crippen LogP contribution in [-0.2, 0) is 11.2 Å². The number of carboxylic acid groups (broad SMARTS) is 1. The minimum atomic E-state index is -1.10. The molecule has 0 amide bonds. The molecule has 0 bridgehead atoms.